The molecule has 1 saturated heterocycles. The fourth-order valence-corrected chi connectivity index (χ4v) is 2.52. The minimum Gasteiger partial charge on any atom is -0.493 e. The van der Waals surface area contributed by atoms with E-state index in [9.17, 15) is 9.59 Å². The number of para-hydroxylation sites is 1. The van der Waals surface area contributed by atoms with Crippen LogP contribution in [0.1, 0.15) is 32.3 Å². The Morgan fingerprint density at radius 1 is 1.17 bits per heavy atom. The fourth-order valence-electron chi connectivity index (χ4n) is 2.52. The lowest BCUT2D eigenvalue weighted by Gasteiger charge is -2.16. The SMILES string of the molecule is CC(C)COc1ccccc1CNC(=O)NCC(=O)N1CCCC1. The molecule has 1 aromatic carbocycles. The molecule has 2 rings (SSSR count). The molecule has 0 aliphatic carbocycles. The Balaban J connectivity index is 1.76. The second kappa shape index (κ2) is 9.15. The molecular formula is C18H27N3O3. The quantitative estimate of drug-likeness (QED) is 0.803. The summed E-state index contributed by atoms with van der Waals surface area (Å²) in [7, 11) is 0. The van der Waals surface area contributed by atoms with Gasteiger partial charge in [-0.1, -0.05) is 32.0 Å². The van der Waals surface area contributed by atoms with E-state index < -0.39 is 0 Å². The van der Waals surface area contributed by atoms with Gasteiger partial charge in [0.25, 0.3) is 0 Å². The number of carbonyl (C=O) groups is 2. The molecule has 6 heteroatoms. The fraction of sp³-hybridized carbons (Fsp3) is 0.556. The highest BCUT2D eigenvalue weighted by Gasteiger charge is 2.18. The molecule has 132 valence electrons. The van der Waals surface area contributed by atoms with Crippen LogP contribution in [0.4, 0.5) is 4.79 Å². The molecule has 6 nitrogen and oxygen atoms in total. The first-order chi connectivity index (χ1) is 11.6. The molecule has 1 heterocycles. The highest BCUT2D eigenvalue weighted by Crippen LogP contribution is 2.18. The zero-order chi connectivity index (χ0) is 17.4. The van der Waals surface area contributed by atoms with Crippen molar-refractivity contribution in [1.29, 1.82) is 0 Å². The Hall–Kier alpha value is -2.24. The molecular weight excluding hydrogens is 306 g/mol. The van der Waals surface area contributed by atoms with Gasteiger partial charge in [-0.05, 0) is 24.8 Å². The van der Waals surface area contributed by atoms with E-state index in [4.69, 9.17) is 4.74 Å². The number of hydrogen-bond acceptors (Lipinski definition) is 3. The molecule has 0 aromatic heterocycles. The molecule has 2 N–H and O–H groups in total. The van der Waals surface area contributed by atoms with Gasteiger partial charge in [-0.15, -0.1) is 0 Å². The van der Waals surface area contributed by atoms with Crippen molar-refractivity contribution < 1.29 is 14.3 Å². The predicted octanol–water partition coefficient (Wildman–Crippen LogP) is 2.14. The average Bonchev–Trinajstić information content (AvgIpc) is 3.11. The summed E-state index contributed by atoms with van der Waals surface area (Å²) in [5.41, 5.74) is 0.916. The van der Waals surface area contributed by atoms with Crippen molar-refractivity contribution in [3.05, 3.63) is 29.8 Å². The summed E-state index contributed by atoms with van der Waals surface area (Å²) in [4.78, 5) is 25.6. The van der Waals surface area contributed by atoms with Crippen LogP contribution in [0.3, 0.4) is 0 Å². The molecule has 0 spiro atoms. The topological polar surface area (TPSA) is 70.7 Å². The standard InChI is InChI=1S/C18H27N3O3/c1-14(2)13-24-16-8-4-3-7-15(16)11-19-18(23)20-12-17(22)21-9-5-6-10-21/h3-4,7-8,14H,5-6,9-13H2,1-2H3,(H2,19,20,23). The third-order valence-corrected chi connectivity index (χ3v) is 3.84. The van der Waals surface area contributed by atoms with Gasteiger partial charge in [0, 0.05) is 25.2 Å². The van der Waals surface area contributed by atoms with Crippen LogP contribution in [-0.4, -0.2) is 43.1 Å². The summed E-state index contributed by atoms with van der Waals surface area (Å²) >= 11 is 0. The molecule has 1 aromatic rings. The number of likely N-dealkylation sites (tertiary alicyclic amines) is 1. The van der Waals surface area contributed by atoms with Gasteiger partial charge in [-0.25, -0.2) is 4.79 Å². The molecule has 0 unspecified atom stereocenters. The van der Waals surface area contributed by atoms with E-state index in [1.165, 1.54) is 0 Å². The van der Waals surface area contributed by atoms with E-state index >= 15 is 0 Å². The molecule has 0 saturated carbocycles. The summed E-state index contributed by atoms with van der Waals surface area (Å²) in [6, 6.07) is 7.29. The van der Waals surface area contributed by atoms with Gasteiger partial charge in [0.05, 0.1) is 13.2 Å². The van der Waals surface area contributed by atoms with Crippen molar-refractivity contribution in [2.75, 3.05) is 26.2 Å². The van der Waals surface area contributed by atoms with Crippen LogP contribution >= 0.6 is 0 Å². The van der Waals surface area contributed by atoms with Gasteiger partial charge in [0.1, 0.15) is 5.75 Å². The number of carbonyl (C=O) groups excluding carboxylic acids is 2. The van der Waals surface area contributed by atoms with E-state index in [0.29, 0.717) is 19.1 Å². The first-order valence-electron chi connectivity index (χ1n) is 8.56. The summed E-state index contributed by atoms with van der Waals surface area (Å²) in [6.45, 7) is 6.80. The number of nitrogens with zero attached hydrogens (tertiary/aromatic N) is 1. The van der Waals surface area contributed by atoms with E-state index in [2.05, 4.69) is 24.5 Å². The maximum atomic E-state index is 11.9. The van der Waals surface area contributed by atoms with Crippen molar-refractivity contribution in [3.63, 3.8) is 0 Å². The number of urea groups is 1. The lowest BCUT2D eigenvalue weighted by molar-refractivity contribution is -0.128. The number of hydrogen-bond donors (Lipinski definition) is 2. The summed E-state index contributed by atoms with van der Waals surface area (Å²) < 4.78 is 5.76. The Morgan fingerprint density at radius 3 is 2.58 bits per heavy atom. The van der Waals surface area contributed by atoms with Crippen molar-refractivity contribution in [2.45, 2.75) is 33.2 Å². The highest BCUT2D eigenvalue weighted by molar-refractivity contribution is 5.84. The Kier molecular flexibility index (Phi) is 6.90. The molecule has 0 atom stereocenters. The van der Waals surface area contributed by atoms with E-state index in [0.717, 1.165) is 37.2 Å². The van der Waals surface area contributed by atoms with Crippen LogP contribution in [-0.2, 0) is 11.3 Å². The first kappa shape index (κ1) is 18.1. The molecule has 1 aliphatic rings. The maximum Gasteiger partial charge on any atom is 0.315 e. The van der Waals surface area contributed by atoms with Gasteiger partial charge in [-0.2, -0.15) is 0 Å². The lowest BCUT2D eigenvalue weighted by Crippen LogP contribution is -2.42. The first-order valence-corrected chi connectivity index (χ1v) is 8.56. The van der Waals surface area contributed by atoms with E-state index in [-0.39, 0.29) is 18.5 Å². The van der Waals surface area contributed by atoms with Crippen LogP contribution in [0.2, 0.25) is 0 Å². The summed E-state index contributed by atoms with van der Waals surface area (Å²) in [5, 5.41) is 5.39. The third kappa shape index (κ3) is 5.76. The average molecular weight is 333 g/mol. The summed E-state index contributed by atoms with van der Waals surface area (Å²) in [6.07, 6.45) is 2.09. The van der Waals surface area contributed by atoms with Gasteiger partial charge >= 0.3 is 6.03 Å². The Bertz CT molecular complexity index is 554. The normalized spacial score (nSPS) is 13.9. The van der Waals surface area contributed by atoms with E-state index in [1.54, 1.807) is 4.90 Å². The summed E-state index contributed by atoms with van der Waals surface area (Å²) in [5.74, 6) is 1.19. The van der Waals surface area contributed by atoms with Gasteiger partial charge in [0.15, 0.2) is 0 Å². The van der Waals surface area contributed by atoms with Crippen molar-refractivity contribution in [1.82, 2.24) is 15.5 Å². The number of rotatable bonds is 7. The van der Waals surface area contributed by atoms with Gasteiger partial charge in [-0.3, -0.25) is 4.79 Å². The Labute approximate surface area is 143 Å². The molecule has 0 bridgehead atoms. The highest BCUT2D eigenvalue weighted by atomic mass is 16.5. The Morgan fingerprint density at radius 2 is 1.88 bits per heavy atom. The minimum atomic E-state index is -0.346. The van der Waals surface area contributed by atoms with Crippen LogP contribution < -0.4 is 15.4 Å². The lowest BCUT2D eigenvalue weighted by atomic mass is 10.2. The molecule has 3 amide bonds. The molecule has 0 radical (unpaired) electrons. The van der Waals surface area contributed by atoms with Crippen LogP contribution in [0.25, 0.3) is 0 Å². The minimum absolute atomic E-state index is 0.0247. The monoisotopic (exact) mass is 333 g/mol. The maximum absolute atomic E-state index is 11.9. The number of benzene rings is 1. The number of amides is 3. The van der Waals surface area contributed by atoms with Gasteiger partial charge < -0.3 is 20.3 Å². The number of ether oxygens (including phenoxy) is 1. The van der Waals surface area contributed by atoms with Crippen LogP contribution in [0.5, 0.6) is 5.75 Å². The molecule has 1 fully saturated rings. The van der Waals surface area contributed by atoms with Crippen molar-refractivity contribution >= 4 is 11.9 Å². The number of nitrogens with one attached hydrogen (secondary N) is 2. The zero-order valence-electron chi connectivity index (χ0n) is 14.5. The van der Waals surface area contributed by atoms with Crippen molar-refractivity contribution in [2.24, 2.45) is 5.92 Å². The largest absolute Gasteiger partial charge is 0.493 e. The van der Waals surface area contributed by atoms with E-state index in [1.807, 2.05) is 24.3 Å². The predicted molar refractivity (Wildman–Crippen MR) is 92.8 cm³/mol. The smallest absolute Gasteiger partial charge is 0.315 e. The van der Waals surface area contributed by atoms with Crippen LogP contribution in [0, 0.1) is 5.92 Å². The zero-order valence-corrected chi connectivity index (χ0v) is 14.5. The van der Waals surface area contributed by atoms with Gasteiger partial charge in [0.2, 0.25) is 5.91 Å². The molecule has 1 aliphatic heterocycles. The third-order valence-electron chi connectivity index (χ3n) is 3.84. The second-order valence-electron chi connectivity index (χ2n) is 6.44. The van der Waals surface area contributed by atoms with Crippen LogP contribution in [0.15, 0.2) is 24.3 Å². The van der Waals surface area contributed by atoms with Crippen molar-refractivity contribution in [3.8, 4) is 5.75 Å². The second-order valence-corrected chi connectivity index (χ2v) is 6.44. The molecule has 24 heavy (non-hydrogen) atoms.